The summed E-state index contributed by atoms with van der Waals surface area (Å²) >= 11 is 0. The Morgan fingerprint density at radius 3 is 2.33 bits per heavy atom. The van der Waals surface area contributed by atoms with Gasteiger partial charge in [-0.2, -0.15) is 0 Å². The van der Waals surface area contributed by atoms with E-state index >= 15 is 0 Å². The molecule has 0 radical (unpaired) electrons. The molecule has 0 saturated heterocycles. The second-order valence-electron chi connectivity index (χ2n) is 5.74. The van der Waals surface area contributed by atoms with Gasteiger partial charge in [0.2, 0.25) is 5.91 Å². The number of carbonyl (C=O) groups is 2. The number of hydrogen-bond acceptors (Lipinski definition) is 2. The molecule has 2 aromatic rings. The molecule has 0 aliphatic heterocycles. The molecule has 1 atom stereocenters. The van der Waals surface area contributed by atoms with Crippen LogP contribution in [0, 0.1) is 18.6 Å². The topological polar surface area (TPSA) is 46.2 Å². The Morgan fingerprint density at radius 1 is 1.04 bits per heavy atom. The van der Waals surface area contributed by atoms with Gasteiger partial charge < -0.3 is 5.32 Å². The van der Waals surface area contributed by atoms with Crippen LogP contribution < -0.4 is 5.32 Å². The summed E-state index contributed by atoms with van der Waals surface area (Å²) in [5.41, 5.74) is 1.82. The maximum atomic E-state index is 13.7. The molecule has 0 aliphatic carbocycles. The van der Waals surface area contributed by atoms with Crippen molar-refractivity contribution >= 4 is 11.7 Å². The predicted octanol–water partition coefficient (Wildman–Crippen LogP) is 4.11. The molecule has 0 heterocycles. The van der Waals surface area contributed by atoms with Crippen molar-refractivity contribution in [2.45, 2.75) is 32.7 Å². The first-order valence-corrected chi connectivity index (χ1v) is 7.71. The van der Waals surface area contributed by atoms with E-state index in [9.17, 15) is 18.4 Å². The maximum absolute atomic E-state index is 13.7. The number of rotatable bonds is 6. The molecule has 5 heteroatoms. The van der Waals surface area contributed by atoms with Gasteiger partial charge in [-0.1, -0.05) is 35.9 Å². The van der Waals surface area contributed by atoms with Crippen LogP contribution in [0.25, 0.3) is 0 Å². The van der Waals surface area contributed by atoms with E-state index in [-0.39, 0.29) is 30.1 Å². The fourth-order valence-electron chi connectivity index (χ4n) is 2.35. The number of amides is 1. The molecule has 2 aromatic carbocycles. The molecule has 0 aromatic heterocycles. The molecular formula is C19H19F2NO2. The van der Waals surface area contributed by atoms with E-state index < -0.39 is 17.7 Å². The van der Waals surface area contributed by atoms with Crippen LogP contribution in [0.4, 0.5) is 8.78 Å². The van der Waals surface area contributed by atoms with Gasteiger partial charge in [-0.05, 0) is 19.9 Å². The second kappa shape index (κ2) is 7.81. The summed E-state index contributed by atoms with van der Waals surface area (Å²) in [5.74, 6) is -1.85. The quantitative estimate of drug-likeness (QED) is 0.810. The zero-order chi connectivity index (χ0) is 17.7. The highest BCUT2D eigenvalue weighted by Crippen LogP contribution is 2.18. The molecule has 1 amide bonds. The average molecular weight is 331 g/mol. The third-order valence-electron chi connectivity index (χ3n) is 3.76. The summed E-state index contributed by atoms with van der Waals surface area (Å²) in [5, 5.41) is 2.62. The average Bonchev–Trinajstić information content (AvgIpc) is 2.53. The SMILES string of the molecule is Cc1ccc(C(=O)CCC(=O)NC(C)c2ccc(F)cc2F)cc1. The molecular weight excluding hydrogens is 312 g/mol. The van der Waals surface area contributed by atoms with Crippen molar-refractivity contribution in [2.75, 3.05) is 0 Å². The summed E-state index contributed by atoms with van der Waals surface area (Å²) in [6.07, 6.45) is 0.0907. The summed E-state index contributed by atoms with van der Waals surface area (Å²) in [7, 11) is 0. The van der Waals surface area contributed by atoms with Crippen molar-refractivity contribution in [2.24, 2.45) is 0 Å². The van der Waals surface area contributed by atoms with Crippen LogP contribution in [0.15, 0.2) is 42.5 Å². The Hall–Kier alpha value is -2.56. The zero-order valence-corrected chi connectivity index (χ0v) is 13.6. The van der Waals surface area contributed by atoms with Crippen LogP contribution in [-0.4, -0.2) is 11.7 Å². The van der Waals surface area contributed by atoms with Crippen LogP contribution >= 0.6 is 0 Å². The Labute approximate surface area is 139 Å². The standard InChI is InChI=1S/C19H19F2NO2/c1-12-3-5-14(6-4-12)18(23)9-10-19(24)22-13(2)16-8-7-15(20)11-17(16)21/h3-8,11,13H,9-10H2,1-2H3,(H,22,24). The minimum Gasteiger partial charge on any atom is -0.349 e. The van der Waals surface area contributed by atoms with Crippen molar-refractivity contribution in [3.63, 3.8) is 0 Å². The van der Waals surface area contributed by atoms with Crippen molar-refractivity contribution in [3.05, 3.63) is 70.8 Å². The first kappa shape index (κ1) is 17.8. The van der Waals surface area contributed by atoms with Gasteiger partial charge in [0.05, 0.1) is 6.04 Å². The van der Waals surface area contributed by atoms with Gasteiger partial charge in [-0.3, -0.25) is 9.59 Å². The number of benzene rings is 2. The Bertz CT molecular complexity index is 742. The largest absolute Gasteiger partial charge is 0.349 e. The lowest BCUT2D eigenvalue weighted by Crippen LogP contribution is -2.27. The van der Waals surface area contributed by atoms with Crippen molar-refractivity contribution < 1.29 is 18.4 Å². The van der Waals surface area contributed by atoms with Gasteiger partial charge >= 0.3 is 0 Å². The smallest absolute Gasteiger partial charge is 0.220 e. The maximum Gasteiger partial charge on any atom is 0.220 e. The van der Waals surface area contributed by atoms with E-state index in [0.29, 0.717) is 5.56 Å². The molecule has 0 bridgehead atoms. The van der Waals surface area contributed by atoms with Crippen LogP contribution in [0.1, 0.15) is 47.3 Å². The number of Topliss-reactive ketones (excluding diaryl/α,β-unsaturated/α-hetero) is 1. The molecule has 126 valence electrons. The molecule has 3 nitrogen and oxygen atoms in total. The van der Waals surface area contributed by atoms with Gasteiger partial charge in [-0.25, -0.2) is 8.78 Å². The van der Waals surface area contributed by atoms with Gasteiger partial charge in [0, 0.05) is 30.0 Å². The number of aryl methyl sites for hydroxylation is 1. The van der Waals surface area contributed by atoms with E-state index in [0.717, 1.165) is 17.7 Å². The molecule has 0 fully saturated rings. The summed E-state index contributed by atoms with van der Waals surface area (Å²) in [6.45, 7) is 3.54. The predicted molar refractivity (Wildman–Crippen MR) is 87.7 cm³/mol. The molecule has 2 rings (SSSR count). The van der Waals surface area contributed by atoms with Crippen LogP contribution in [-0.2, 0) is 4.79 Å². The zero-order valence-electron chi connectivity index (χ0n) is 13.6. The number of nitrogens with one attached hydrogen (secondary N) is 1. The fourth-order valence-corrected chi connectivity index (χ4v) is 2.35. The lowest BCUT2D eigenvalue weighted by atomic mass is 10.0. The minimum atomic E-state index is -0.710. The fraction of sp³-hybridized carbons (Fsp3) is 0.263. The highest BCUT2D eigenvalue weighted by Gasteiger charge is 2.15. The van der Waals surface area contributed by atoms with Crippen molar-refractivity contribution in [1.82, 2.24) is 5.32 Å². The molecule has 1 N–H and O–H groups in total. The van der Waals surface area contributed by atoms with Gasteiger partial charge in [0.1, 0.15) is 11.6 Å². The third kappa shape index (κ3) is 4.72. The lowest BCUT2D eigenvalue weighted by molar-refractivity contribution is -0.121. The first-order valence-electron chi connectivity index (χ1n) is 7.71. The second-order valence-corrected chi connectivity index (χ2v) is 5.74. The number of halogens is 2. The summed E-state index contributed by atoms with van der Waals surface area (Å²) < 4.78 is 26.6. The van der Waals surface area contributed by atoms with Crippen LogP contribution in [0.2, 0.25) is 0 Å². The molecule has 0 aliphatic rings. The molecule has 0 spiro atoms. The van der Waals surface area contributed by atoms with E-state index in [4.69, 9.17) is 0 Å². The normalized spacial score (nSPS) is 11.8. The molecule has 1 unspecified atom stereocenters. The Kier molecular flexibility index (Phi) is 5.79. The van der Waals surface area contributed by atoms with Gasteiger partial charge in [0.15, 0.2) is 5.78 Å². The molecule has 24 heavy (non-hydrogen) atoms. The lowest BCUT2D eigenvalue weighted by Gasteiger charge is -2.15. The number of ketones is 1. The monoisotopic (exact) mass is 331 g/mol. The van der Waals surface area contributed by atoms with Crippen LogP contribution in [0.3, 0.4) is 0 Å². The summed E-state index contributed by atoms with van der Waals surface area (Å²) in [6, 6.07) is 9.75. The van der Waals surface area contributed by atoms with Crippen molar-refractivity contribution in [3.8, 4) is 0 Å². The third-order valence-corrected chi connectivity index (χ3v) is 3.76. The van der Waals surface area contributed by atoms with E-state index in [1.807, 2.05) is 19.1 Å². The van der Waals surface area contributed by atoms with Crippen molar-refractivity contribution in [1.29, 1.82) is 0 Å². The van der Waals surface area contributed by atoms with E-state index in [2.05, 4.69) is 5.32 Å². The highest BCUT2D eigenvalue weighted by atomic mass is 19.1. The van der Waals surface area contributed by atoms with E-state index in [1.54, 1.807) is 19.1 Å². The van der Waals surface area contributed by atoms with Gasteiger partial charge in [-0.15, -0.1) is 0 Å². The molecule has 0 saturated carbocycles. The Morgan fingerprint density at radius 2 is 1.71 bits per heavy atom. The first-order chi connectivity index (χ1) is 11.4. The van der Waals surface area contributed by atoms with Gasteiger partial charge in [0.25, 0.3) is 0 Å². The van der Waals surface area contributed by atoms with E-state index in [1.165, 1.54) is 6.07 Å². The highest BCUT2D eigenvalue weighted by molar-refractivity contribution is 5.98. The number of carbonyl (C=O) groups excluding carboxylic acids is 2. The summed E-state index contributed by atoms with van der Waals surface area (Å²) in [4.78, 5) is 24.0. The Balaban J connectivity index is 1.88. The number of hydrogen-bond donors (Lipinski definition) is 1. The minimum absolute atomic E-state index is 0.0138. The van der Waals surface area contributed by atoms with Crippen LogP contribution in [0.5, 0.6) is 0 Å².